The van der Waals surface area contributed by atoms with Crippen LogP contribution in [0.15, 0.2) is 24.3 Å². The highest BCUT2D eigenvalue weighted by molar-refractivity contribution is 6.04. The van der Waals surface area contributed by atoms with Crippen LogP contribution >= 0.6 is 0 Å². The second-order valence-electron chi connectivity index (χ2n) is 5.49. The van der Waals surface area contributed by atoms with Crippen LogP contribution in [-0.4, -0.2) is 33.1 Å². The summed E-state index contributed by atoms with van der Waals surface area (Å²) in [5.74, 6) is 0.0370. The molecular weight excluding hydrogens is 226 g/mol. The lowest BCUT2D eigenvalue weighted by atomic mass is 10.0. The van der Waals surface area contributed by atoms with Crippen LogP contribution in [0.4, 0.5) is 0 Å². The molecule has 4 nitrogen and oxygen atoms in total. The Labute approximate surface area is 106 Å². The third-order valence-corrected chi connectivity index (χ3v) is 3.82. The van der Waals surface area contributed by atoms with Gasteiger partial charge < -0.3 is 4.90 Å². The van der Waals surface area contributed by atoms with Gasteiger partial charge in [0.1, 0.15) is 0 Å². The number of rotatable bonds is 1. The Kier molecular flexibility index (Phi) is 2.40. The number of para-hydroxylation sites is 1. The van der Waals surface area contributed by atoms with E-state index in [1.54, 1.807) is 0 Å². The number of aromatic amines is 1. The number of nitrogens with zero attached hydrogens (tertiary/aromatic N) is 2. The average Bonchev–Trinajstić information content (AvgIpc) is 2.91. The van der Waals surface area contributed by atoms with Crippen molar-refractivity contribution in [2.45, 2.75) is 32.2 Å². The van der Waals surface area contributed by atoms with Crippen LogP contribution < -0.4 is 0 Å². The van der Waals surface area contributed by atoms with Crippen LogP contribution in [0.5, 0.6) is 0 Å². The number of carbonyl (C=O) groups excluding carboxylic acids is 1. The second kappa shape index (κ2) is 3.83. The van der Waals surface area contributed by atoms with Crippen molar-refractivity contribution in [3.8, 4) is 0 Å². The molecule has 0 aliphatic carbocycles. The molecule has 1 fully saturated rings. The van der Waals surface area contributed by atoms with Crippen LogP contribution in [0.3, 0.4) is 0 Å². The van der Waals surface area contributed by atoms with Gasteiger partial charge in [-0.05, 0) is 32.8 Å². The van der Waals surface area contributed by atoms with Gasteiger partial charge in [-0.3, -0.25) is 9.89 Å². The Balaban J connectivity index is 2.02. The molecule has 3 rings (SSSR count). The van der Waals surface area contributed by atoms with Gasteiger partial charge in [-0.25, -0.2) is 0 Å². The van der Waals surface area contributed by atoms with Crippen LogP contribution in [0.1, 0.15) is 37.2 Å². The van der Waals surface area contributed by atoms with Crippen LogP contribution in [0.25, 0.3) is 10.9 Å². The van der Waals surface area contributed by atoms with Crippen molar-refractivity contribution in [3.63, 3.8) is 0 Å². The third kappa shape index (κ3) is 1.60. The van der Waals surface area contributed by atoms with Gasteiger partial charge in [0.2, 0.25) is 0 Å². The minimum absolute atomic E-state index is 0.0370. The standard InChI is InChI=1S/C14H17N3O/c1-14(2)8-5-9-17(14)13(18)12-10-6-3-4-7-11(10)15-16-12/h3-4,6-7H,5,8-9H2,1-2H3,(H,15,16). The maximum absolute atomic E-state index is 12.6. The highest BCUT2D eigenvalue weighted by Gasteiger charge is 2.37. The van der Waals surface area contributed by atoms with Gasteiger partial charge in [0, 0.05) is 17.5 Å². The van der Waals surface area contributed by atoms with E-state index in [-0.39, 0.29) is 11.4 Å². The summed E-state index contributed by atoms with van der Waals surface area (Å²) in [5, 5.41) is 8.02. The van der Waals surface area contributed by atoms with Gasteiger partial charge in [-0.2, -0.15) is 5.10 Å². The minimum Gasteiger partial charge on any atom is -0.332 e. The van der Waals surface area contributed by atoms with Crippen molar-refractivity contribution < 1.29 is 4.79 Å². The lowest BCUT2D eigenvalue weighted by Crippen LogP contribution is -2.42. The summed E-state index contributed by atoms with van der Waals surface area (Å²) in [4.78, 5) is 14.5. The molecule has 2 aromatic rings. The molecule has 2 heterocycles. The zero-order valence-electron chi connectivity index (χ0n) is 10.7. The zero-order chi connectivity index (χ0) is 12.8. The number of likely N-dealkylation sites (tertiary alicyclic amines) is 1. The molecule has 1 aliphatic rings. The molecule has 0 radical (unpaired) electrons. The molecule has 1 N–H and O–H groups in total. The molecule has 94 valence electrons. The first kappa shape index (κ1) is 11.3. The van der Waals surface area contributed by atoms with E-state index in [4.69, 9.17) is 0 Å². The van der Waals surface area contributed by atoms with Gasteiger partial charge in [0.15, 0.2) is 5.69 Å². The summed E-state index contributed by atoms with van der Waals surface area (Å²) in [6.07, 6.45) is 2.13. The molecule has 1 saturated heterocycles. The minimum atomic E-state index is -0.0584. The number of amides is 1. The Morgan fingerprint density at radius 2 is 2.17 bits per heavy atom. The smallest absolute Gasteiger partial charge is 0.275 e. The molecule has 0 saturated carbocycles. The van der Waals surface area contributed by atoms with Crippen molar-refractivity contribution in [3.05, 3.63) is 30.0 Å². The van der Waals surface area contributed by atoms with Crippen molar-refractivity contribution >= 4 is 16.8 Å². The quantitative estimate of drug-likeness (QED) is 0.836. The molecule has 1 aromatic carbocycles. The molecule has 4 heteroatoms. The van der Waals surface area contributed by atoms with Crippen LogP contribution in [0.2, 0.25) is 0 Å². The second-order valence-corrected chi connectivity index (χ2v) is 5.49. The number of hydrogen-bond donors (Lipinski definition) is 1. The largest absolute Gasteiger partial charge is 0.332 e. The highest BCUT2D eigenvalue weighted by Crippen LogP contribution is 2.30. The Hall–Kier alpha value is -1.84. The topological polar surface area (TPSA) is 49.0 Å². The molecule has 1 aliphatic heterocycles. The van der Waals surface area contributed by atoms with E-state index in [0.717, 1.165) is 30.3 Å². The van der Waals surface area contributed by atoms with Gasteiger partial charge in [0.05, 0.1) is 5.52 Å². The predicted octanol–water partition coefficient (Wildman–Crippen LogP) is 2.58. The van der Waals surface area contributed by atoms with Crippen LogP contribution in [-0.2, 0) is 0 Å². The monoisotopic (exact) mass is 243 g/mol. The van der Waals surface area contributed by atoms with E-state index in [9.17, 15) is 4.79 Å². The molecule has 18 heavy (non-hydrogen) atoms. The molecule has 0 atom stereocenters. The summed E-state index contributed by atoms with van der Waals surface area (Å²) >= 11 is 0. The maximum Gasteiger partial charge on any atom is 0.275 e. The van der Waals surface area contributed by atoms with Gasteiger partial charge in [0.25, 0.3) is 5.91 Å². The van der Waals surface area contributed by atoms with Crippen molar-refractivity contribution in [1.29, 1.82) is 0 Å². The number of nitrogens with one attached hydrogen (secondary N) is 1. The summed E-state index contributed by atoms with van der Waals surface area (Å²) < 4.78 is 0. The Morgan fingerprint density at radius 3 is 2.89 bits per heavy atom. The first-order valence-electron chi connectivity index (χ1n) is 6.35. The summed E-state index contributed by atoms with van der Waals surface area (Å²) in [5.41, 5.74) is 1.40. The summed E-state index contributed by atoms with van der Waals surface area (Å²) in [6, 6.07) is 7.75. The number of H-pyrrole nitrogens is 1. The lowest BCUT2D eigenvalue weighted by molar-refractivity contribution is 0.0648. The van der Waals surface area contributed by atoms with E-state index in [2.05, 4.69) is 24.0 Å². The number of hydrogen-bond acceptors (Lipinski definition) is 2. The SMILES string of the molecule is CC1(C)CCCN1C(=O)c1n[nH]c2ccccc12. The average molecular weight is 243 g/mol. The molecule has 1 aromatic heterocycles. The number of fused-ring (bicyclic) bond motifs is 1. The third-order valence-electron chi connectivity index (χ3n) is 3.82. The zero-order valence-corrected chi connectivity index (χ0v) is 10.7. The molecule has 0 unspecified atom stereocenters. The van der Waals surface area contributed by atoms with Gasteiger partial charge in [-0.1, -0.05) is 18.2 Å². The fourth-order valence-corrected chi connectivity index (χ4v) is 2.74. The highest BCUT2D eigenvalue weighted by atomic mass is 16.2. The van der Waals surface area contributed by atoms with E-state index in [0.29, 0.717) is 5.69 Å². The molecule has 0 spiro atoms. The Bertz CT molecular complexity index is 600. The molecule has 1 amide bonds. The first-order valence-corrected chi connectivity index (χ1v) is 6.35. The summed E-state index contributed by atoms with van der Waals surface area (Å²) in [6.45, 7) is 5.06. The van der Waals surface area contributed by atoms with Crippen molar-refractivity contribution in [2.75, 3.05) is 6.54 Å². The van der Waals surface area contributed by atoms with E-state index in [1.807, 2.05) is 29.2 Å². The van der Waals surface area contributed by atoms with Crippen molar-refractivity contribution in [2.24, 2.45) is 0 Å². The fourth-order valence-electron chi connectivity index (χ4n) is 2.74. The number of benzene rings is 1. The number of carbonyl (C=O) groups is 1. The van der Waals surface area contributed by atoms with Gasteiger partial charge >= 0.3 is 0 Å². The maximum atomic E-state index is 12.6. The van der Waals surface area contributed by atoms with E-state index in [1.165, 1.54) is 0 Å². The predicted molar refractivity (Wildman–Crippen MR) is 70.4 cm³/mol. The summed E-state index contributed by atoms with van der Waals surface area (Å²) in [7, 11) is 0. The van der Waals surface area contributed by atoms with Gasteiger partial charge in [-0.15, -0.1) is 0 Å². The first-order chi connectivity index (χ1) is 8.59. The van der Waals surface area contributed by atoms with E-state index >= 15 is 0 Å². The molecular formula is C14H17N3O. The lowest BCUT2D eigenvalue weighted by Gasteiger charge is -2.31. The normalized spacial score (nSPS) is 18.4. The fraction of sp³-hybridized carbons (Fsp3) is 0.429. The Morgan fingerprint density at radius 1 is 1.39 bits per heavy atom. The van der Waals surface area contributed by atoms with Crippen LogP contribution in [0, 0.1) is 0 Å². The number of aromatic nitrogens is 2. The molecule has 0 bridgehead atoms. The van der Waals surface area contributed by atoms with E-state index < -0.39 is 0 Å². The van der Waals surface area contributed by atoms with Crippen molar-refractivity contribution in [1.82, 2.24) is 15.1 Å².